The van der Waals surface area contributed by atoms with Gasteiger partial charge in [0, 0.05) is 12.2 Å². The van der Waals surface area contributed by atoms with Gasteiger partial charge in [-0.2, -0.15) is 0 Å². The Morgan fingerprint density at radius 3 is 2.95 bits per heavy atom. The van der Waals surface area contributed by atoms with E-state index in [9.17, 15) is 9.59 Å². The quantitative estimate of drug-likeness (QED) is 0.906. The lowest BCUT2D eigenvalue weighted by Gasteiger charge is -2.34. The van der Waals surface area contributed by atoms with Crippen LogP contribution < -0.4 is 5.32 Å². The van der Waals surface area contributed by atoms with Gasteiger partial charge in [-0.3, -0.25) is 9.59 Å². The number of amides is 2. The fourth-order valence-corrected chi connectivity index (χ4v) is 2.83. The molecule has 2 aliphatic heterocycles. The predicted molar refractivity (Wildman–Crippen MR) is 74.2 cm³/mol. The molecule has 0 aromatic heterocycles. The van der Waals surface area contributed by atoms with Gasteiger partial charge in [0.15, 0.2) is 0 Å². The maximum Gasteiger partial charge on any atom is 0.252 e. The van der Waals surface area contributed by atoms with Crippen LogP contribution in [0, 0.1) is 0 Å². The van der Waals surface area contributed by atoms with Gasteiger partial charge >= 0.3 is 0 Å². The molecule has 2 heterocycles. The second-order valence-corrected chi connectivity index (χ2v) is 5.27. The first-order chi connectivity index (χ1) is 9.74. The molecule has 1 aromatic carbocycles. The summed E-state index contributed by atoms with van der Waals surface area (Å²) in [5.41, 5.74) is 0.736. The third-order valence-corrected chi connectivity index (χ3v) is 3.85. The van der Waals surface area contributed by atoms with E-state index >= 15 is 0 Å². The lowest BCUT2D eigenvalue weighted by Crippen LogP contribution is -2.51. The van der Waals surface area contributed by atoms with E-state index in [-0.39, 0.29) is 24.3 Å². The van der Waals surface area contributed by atoms with Gasteiger partial charge in [-0.1, -0.05) is 18.2 Å². The molecule has 1 N–H and O–H groups in total. The fraction of sp³-hybridized carbons (Fsp3) is 0.467. The van der Waals surface area contributed by atoms with Crippen molar-refractivity contribution in [3.05, 3.63) is 30.3 Å². The molecule has 0 bridgehead atoms. The smallest absolute Gasteiger partial charge is 0.252 e. The summed E-state index contributed by atoms with van der Waals surface area (Å²) < 4.78 is 5.56. The van der Waals surface area contributed by atoms with Crippen molar-refractivity contribution >= 4 is 17.5 Å². The zero-order chi connectivity index (χ0) is 13.9. The Balaban J connectivity index is 1.57. The second-order valence-electron chi connectivity index (χ2n) is 5.27. The number of morpholine rings is 1. The molecule has 0 saturated carbocycles. The Hall–Kier alpha value is -1.88. The normalized spacial score (nSPS) is 25.4. The number of nitrogens with zero attached hydrogens (tertiary/aromatic N) is 1. The summed E-state index contributed by atoms with van der Waals surface area (Å²) in [5, 5.41) is 2.78. The molecule has 0 radical (unpaired) electrons. The summed E-state index contributed by atoms with van der Waals surface area (Å²) in [6.45, 7) is 1.35. The van der Waals surface area contributed by atoms with E-state index in [0.29, 0.717) is 6.61 Å². The summed E-state index contributed by atoms with van der Waals surface area (Å²) in [6.07, 6.45) is 1.49. The second kappa shape index (κ2) is 5.63. The first-order valence-electron chi connectivity index (χ1n) is 7.01. The van der Waals surface area contributed by atoms with E-state index in [4.69, 9.17) is 4.74 Å². The van der Waals surface area contributed by atoms with Crippen LogP contribution in [0.25, 0.3) is 0 Å². The van der Waals surface area contributed by atoms with Crippen molar-refractivity contribution in [2.45, 2.75) is 31.4 Å². The Kier molecular flexibility index (Phi) is 3.69. The maximum atomic E-state index is 12.2. The summed E-state index contributed by atoms with van der Waals surface area (Å²) in [7, 11) is 0. The molecular weight excluding hydrogens is 256 g/mol. The third-order valence-electron chi connectivity index (χ3n) is 3.85. The summed E-state index contributed by atoms with van der Waals surface area (Å²) in [5.74, 6) is -0.228. The fourth-order valence-electron chi connectivity index (χ4n) is 2.83. The van der Waals surface area contributed by atoms with E-state index in [1.54, 1.807) is 0 Å². The van der Waals surface area contributed by atoms with Crippen LogP contribution in [0.4, 0.5) is 5.69 Å². The minimum absolute atomic E-state index is 0.0399. The lowest BCUT2D eigenvalue weighted by atomic mass is 10.1. The highest BCUT2D eigenvalue weighted by atomic mass is 16.5. The average Bonchev–Trinajstić information content (AvgIpc) is 2.92. The van der Waals surface area contributed by atoms with Crippen LogP contribution in [-0.4, -0.2) is 42.0 Å². The Labute approximate surface area is 117 Å². The van der Waals surface area contributed by atoms with Gasteiger partial charge in [0.05, 0.1) is 19.1 Å². The van der Waals surface area contributed by atoms with Gasteiger partial charge in [0.1, 0.15) is 6.10 Å². The maximum absolute atomic E-state index is 12.2. The monoisotopic (exact) mass is 274 g/mol. The molecule has 106 valence electrons. The van der Waals surface area contributed by atoms with E-state index in [0.717, 1.165) is 25.1 Å². The molecule has 1 aromatic rings. The van der Waals surface area contributed by atoms with E-state index in [1.807, 2.05) is 35.2 Å². The Morgan fingerprint density at radius 1 is 1.35 bits per heavy atom. The highest BCUT2D eigenvalue weighted by molar-refractivity contribution is 5.95. The number of benzene rings is 1. The number of hydrogen-bond acceptors (Lipinski definition) is 3. The zero-order valence-electron chi connectivity index (χ0n) is 11.2. The van der Waals surface area contributed by atoms with Crippen molar-refractivity contribution < 1.29 is 14.3 Å². The number of anilines is 1. The first kappa shape index (κ1) is 13.1. The molecule has 2 fully saturated rings. The van der Waals surface area contributed by atoms with Crippen molar-refractivity contribution in [1.29, 1.82) is 0 Å². The number of rotatable bonds is 3. The zero-order valence-corrected chi connectivity index (χ0v) is 11.2. The Morgan fingerprint density at radius 2 is 2.15 bits per heavy atom. The van der Waals surface area contributed by atoms with Crippen LogP contribution in [0.1, 0.15) is 19.3 Å². The molecular formula is C15H18N2O3. The lowest BCUT2D eigenvalue weighted by molar-refractivity contribution is -0.158. The topological polar surface area (TPSA) is 58.6 Å². The van der Waals surface area contributed by atoms with Gasteiger partial charge in [0.25, 0.3) is 5.91 Å². The SMILES string of the molecule is O=C(CC1OCC2CCCN2C1=O)Nc1ccccc1. The van der Waals surface area contributed by atoms with Crippen LogP contribution >= 0.6 is 0 Å². The van der Waals surface area contributed by atoms with Crippen molar-refractivity contribution in [3.63, 3.8) is 0 Å². The van der Waals surface area contributed by atoms with Gasteiger partial charge in [0.2, 0.25) is 5.91 Å². The van der Waals surface area contributed by atoms with Crippen molar-refractivity contribution in [1.82, 2.24) is 4.90 Å². The standard InChI is InChI=1S/C15H18N2O3/c18-14(16-11-5-2-1-3-6-11)9-13-15(19)17-8-4-7-12(17)10-20-13/h1-3,5-6,12-13H,4,7-10H2,(H,16,18). The molecule has 2 aliphatic rings. The number of carbonyl (C=O) groups is 2. The predicted octanol–water partition coefficient (Wildman–Crippen LogP) is 1.40. The van der Waals surface area contributed by atoms with Crippen LogP contribution in [0.15, 0.2) is 30.3 Å². The van der Waals surface area contributed by atoms with Crippen LogP contribution in [0.3, 0.4) is 0 Å². The van der Waals surface area contributed by atoms with Crippen molar-refractivity contribution in [3.8, 4) is 0 Å². The molecule has 2 saturated heterocycles. The molecule has 20 heavy (non-hydrogen) atoms. The molecule has 2 atom stereocenters. The van der Waals surface area contributed by atoms with Gasteiger partial charge in [-0.05, 0) is 25.0 Å². The number of carbonyl (C=O) groups excluding carboxylic acids is 2. The number of nitrogens with one attached hydrogen (secondary N) is 1. The summed E-state index contributed by atoms with van der Waals surface area (Å²) in [6, 6.07) is 9.45. The van der Waals surface area contributed by atoms with E-state index in [2.05, 4.69) is 5.32 Å². The van der Waals surface area contributed by atoms with Crippen molar-refractivity contribution in [2.24, 2.45) is 0 Å². The summed E-state index contributed by atoms with van der Waals surface area (Å²) in [4.78, 5) is 26.0. The number of fused-ring (bicyclic) bond motifs is 1. The molecule has 3 rings (SSSR count). The molecule has 2 amide bonds. The largest absolute Gasteiger partial charge is 0.366 e. The van der Waals surface area contributed by atoms with Gasteiger partial charge in [-0.15, -0.1) is 0 Å². The third kappa shape index (κ3) is 2.67. The van der Waals surface area contributed by atoms with E-state index in [1.165, 1.54) is 0 Å². The number of para-hydroxylation sites is 1. The van der Waals surface area contributed by atoms with E-state index < -0.39 is 6.10 Å². The van der Waals surface area contributed by atoms with Crippen LogP contribution in [0.2, 0.25) is 0 Å². The van der Waals surface area contributed by atoms with Crippen molar-refractivity contribution in [2.75, 3.05) is 18.5 Å². The summed E-state index contributed by atoms with van der Waals surface area (Å²) >= 11 is 0. The van der Waals surface area contributed by atoms with Gasteiger partial charge < -0.3 is 15.0 Å². The molecule has 0 aliphatic carbocycles. The highest BCUT2D eigenvalue weighted by Crippen LogP contribution is 2.25. The average molecular weight is 274 g/mol. The highest BCUT2D eigenvalue weighted by Gasteiger charge is 2.39. The Bertz CT molecular complexity index is 503. The first-order valence-corrected chi connectivity index (χ1v) is 7.01. The minimum Gasteiger partial charge on any atom is -0.366 e. The minimum atomic E-state index is -0.631. The molecule has 2 unspecified atom stereocenters. The van der Waals surface area contributed by atoms with Gasteiger partial charge in [-0.25, -0.2) is 0 Å². The molecule has 5 nitrogen and oxygen atoms in total. The van der Waals surface area contributed by atoms with Crippen LogP contribution in [-0.2, 0) is 14.3 Å². The number of ether oxygens (including phenoxy) is 1. The molecule has 0 spiro atoms. The number of hydrogen-bond donors (Lipinski definition) is 1. The molecule has 5 heteroatoms. The van der Waals surface area contributed by atoms with Crippen LogP contribution in [0.5, 0.6) is 0 Å².